The Balaban J connectivity index is 2.78. The highest BCUT2D eigenvalue weighted by Crippen LogP contribution is 2.15. The fourth-order valence-corrected chi connectivity index (χ4v) is 2.47. The minimum atomic E-state index is -0.340. The Kier molecular flexibility index (Phi) is 8.30. The van der Waals surface area contributed by atoms with Gasteiger partial charge in [0.15, 0.2) is 0 Å². The normalized spacial score (nSPS) is 13.0. The van der Waals surface area contributed by atoms with Gasteiger partial charge in [-0.15, -0.1) is 0 Å². The van der Waals surface area contributed by atoms with Gasteiger partial charge in [-0.1, -0.05) is 26.0 Å². The van der Waals surface area contributed by atoms with Crippen molar-refractivity contribution in [3.63, 3.8) is 0 Å². The van der Waals surface area contributed by atoms with Gasteiger partial charge in [-0.25, -0.2) is 0 Å². The summed E-state index contributed by atoms with van der Waals surface area (Å²) in [6.45, 7) is 8.74. The molecule has 0 radical (unpaired) electrons. The standard InChI is InChI=1S/C19H29NO4/c1-6-15(4)20(13-14(3)19(22)23-5)18(21)12-16-8-10-17(11-9-16)24-7-2/h8-11,14-15H,6-7,12-13H2,1-5H3. The van der Waals surface area contributed by atoms with Crippen molar-refractivity contribution in [1.82, 2.24) is 4.90 Å². The molecule has 1 rings (SSSR count). The first kappa shape index (κ1) is 20.0. The summed E-state index contributed by atoms with van der Waals surface area (Å²) in [4.78, 5) is 26.2. The highest BCUT2D eigenvalue weighted by atomic mass is 16.5. The lowest BCUT2D eigenvalue weighted by Crippen LogP contribution is -2.43. The number of benzene rings is 1. The summed E-state index contributed by atoms with van der Waals surface area (Å²) in [7, 11) is 1.37. The SMILES string of the molecule is CCOc1ccc(CC(=O)N(CC(C)C(=O)OC)C(C)CC)cc1. The van der Waals surface area contributed by atoms with Crippen molar-refractivity contribution in [3.05, 3.63) is 29.8 Å². The van der Waals surface area contributed by atoms with E-state index in [9.17, 15) is 9.59 Å². The first-order valence-corrected chi connectivity index (χ1v) is 8.51. The summed E-state index contributed by atoms with van der Waals surface area (Å²) in [5.74, 6) is 0.182. The molecular weight excluding hydrogens is 306 g/mol. The van der Waals surface area contributed by atoms with Crippen LogP contribution in [0, 0.1) is 5.92 Å². The van der Waals surface area contributed by atoms with E-state index >= 15 is 0 Å². The number of carbonyl (C=O) groups excluding carboxylic acids is 2. The second-order valence-corrected chi connectivity index (χ2v) is 5.98. The zero-order valence-electron chi connectivity index (χ0n) is 15.4. The van der Waals surface area contributed by atoms with E-state index in [-0.39, 0.29) is 23.8 Å². The first-order valence-electron chi connectivity index (χ1n) is 8.51. The molecule has 5 nitrogen and oxygen atoms in total. The van der Waals surface area contributed by atoms with E-state index < -0.39 is 0 Å². The summed E-state index contributed by atoms with van der Waals surface area (Å²) in [6, 6.07) is 7.63. The molecule has 0 aromatic heterocycles. The molecule has 0 fully saturated rings. The molecule has 0 saturated carbocycles. The molecule has 24 heavy (non-hydrogen) atoms. The summed E-state index contributed by atoms with van der Waals surface area (Å²) in [6.07, 6.45) is 1.15. The minimum Gasteiger partial charge on any atom is -0.494 e. The highest BCUT2D eigenvalue weighted by molar-refractivity contribution is 5.80. The van der Waals surface area contributed by atoms with E-state index in [2.05, 4.69) is 0 Å². The zero-order valence-corrected chi connectivity index (χ0v) is 15.4. The topological polar surface area (TPSA) is 55.8 Å². The molecule has 1 aromatic carbocycles. The molecule has 2 atom stereocenters. The van der Waals surface area contributed by atoms with Crippen LogP contribution in [0.25, 0.3) is 0 Å². The number of hydrogen-bond acceptors (Lipinski definition) is 4. The molecule has 0 aliphatic carbocycles. The second-order valence-electron chi connectivity index (χ2n) is 5.98. The molecule has 2 unspecified atom stereocenters. The van der Waals surface area contributed by atoms with Gasteiger partial charge in [0, 0.05) is 12.6 Å². The van der Waals surface area contributed by atoms with E-state index in [1.165, 1.54) is 7.11 Å². The fourth-order valence-electron chi connectivity index (χ4n) is 2.47. The average molecular weight is 335 g/mol. The van der Waals surface area contributed by atoms with Gasteiger partial charge in [0.25, 0.3) is 0 Å². The summed E-state index contributed by atoms with van der Waals surface area (Å²) < 4.78 is 10.2. The van der Waals surface area contributed by atoms with Gasteiger partial charge in [-0.2, -0.15) is 0 Å². The second kappa shape index (κ2) is 9.96. The number of hydrogen-bond donors (Lipinski definition) is 0. The average Bonchev–Trinajstić information content (AvgIpc) is 2.59. The van der Waals surface area contributed by atoms with Crippen LogP contribution in [0.4, 0.5) is 0 Å². The van der Waals surface area contributed by atoms with Crippen molar-refractivity contribution in [1.29, 1.82) is 0 Å². The molecule has 0 bridgehead atoms. The lowest BCUT2D eigenvalue weighted by molar-refractivity contribution is -0.146. The van der Waals surface area contributed by atoms with Crippen LogP contribution in [0.5, 0.6) is 5.75 Å². The van der Waals surface area contributed by atoms with Crippen LogP contribution in [0.3, 0.4) is 0 Å². The summed E-state index contributed by atoms with van der Waals surface area (Å²) in [5.41, 5.74) is 0.933. The van der Waals surface area contributed by atoms with Crippen LogP contribution in [-0.4, -0.2) is 43.1 Å². The number of amides is 1. The Morgan fingerprint density at radius 2 is 1.75 bits per heavy atom. The quantitative estimate of drug-likeness (QED) is 0.651. The third-order valence-corrected chi connectivity index (χ3v) is 4.11. The predicted octanol–water partition coefficient (Wildman–Crippen LogP) is 3.06. The van der Waals surface area contributed by atoms with Crippen molar-refractivity contribution >= 4 is 11.9 Å². The molecule has 1 aromatic rings. The van der Waals surface area contributed by atoms with Crippen molar-refractivity contribution in [2.75, 3.05) is 20.3 Å². The Morgan fingerprint density at radius 1 is 1.12 bits per heavy atom. The maximum atomic E-state index is 12.7. The third-order valence-electron chi connectivity index (χ3n) is 4.11. The number of esters is 1. The lowest BCUT2D eigenvalue weighted by Gasteiger charge is -2.30. The zero-order chi connectivity index (χ0) is 18.1. The molecule has 0 heterocycles. The Labute approximate surface area is 144 Å². The maximum Gasteiger partial charge on any atom is 0.310 e. The van der Waals surface area contributed by atoms with Gasteiger partial charge in [-0.05, 0) is 38.0 Å². The van der Waals surface area contributed by atoms with Gasteiger partial charge in [0.2, 0.25) is 5.91 Å². The van der Waals surface area contributed by atoms with E-state index in [4.69, 9.17) is 9.47 Å². The highest BCUT2D eigenvalue weighted by Gasteiger charge is 2.24. The molecule has 0 N–H and O–H groups in total. The fraction of sp³-hybridized carbons (Fsp3) is 0.579. The number of nitrogens with zero attached hydrogens (tertiary/aromatic N) is 1. The first-order chi connectivity index (χ1) is 11.4. The van der Waals surface area contributed by atoms with Gasteiger partial charge < -0.3 is 14.4 Å². The van der Waals surface area contributed by atoms with Gasteiger partial charge in [-0.3, -0.25) is 9.59 Å². The Hall–Kier alpha value is -2.04. The van der Waals surface area contributed by atoms with E-state index in [0.717, 1.165) is 17.7 Å². The van der Waals surface area contributed by atoms with Crippen LogP contribution in [-0.2, 0) is 20.7 Å². The molecule has 0 aliphatic rings. The van der Waals surface area contributed by atoms with E-state index in [1.54, 1.807) is 11.8 Å². The van der Waals surface area contributed by atoms with Gasteiger partial charge >= 0.3 is 5.97 Å². The number of methoxy groups -OCH3 is 1. The number of rotatable bonds is 9. The van der Waals surface area contributed by atoms with Crippen LogP contribution in [0.1, 0.15) is 39.7 Å². The van der Waals surface area contributed by atoms with Crippen LogP contribution in [0.15, 0.2) is 24.3 Å². The van der Waals surface area contributed by atoms with Crippen molar-refractivity contribution in [2.45, 2.75) is 46.6 Å². The van der Waals surface area contributed by atoms with Crippen LogP contribution >= 0.6 is 0 Å². The summed E-state index contributed by atoms with van der Waals surface area (Å²) >= 11 is 0. The summed E-state index contributed by atoms with van der Waals surface area (Å²) in [5, 5.41) is 0. The van der Waals surface area contributed by atoms with Crippen molar-refractivity contribution in [2.24, 2.45) is 5.92 Å². The molecule has 0 saturated heterocycles. The molecule has 5 heteroatoms. The number of ether oxygens (including phenoxy) is 2. The third kappa shape index (κ3) is 5.87. The minimum absolute atomic E-state index is 0.0178. The van der Waals surface area contributed by atoms with E-state index in [1.807, 2.05) is 45.0 Å². The van der Waals surface area contributed by atoms with Gasteiger partial charge in [0.05, 0.1) is 26.1 Å². The molecule has 0 spiro atoms. The molecule has 0 aliphatic heterocycles. The molecular formula is C19H29NO4. The van der Waals surface area contributed by atoms with E-state index in [0.29, 0.717) is 19.6 Å². The Morgan fingerprint density at radius 3 is 2.25 bits per heavy atom. The smallest absolute Gasteiger partial charge is 0.310 e. The maximum absolute atomic E-state index is 12.7. The predicted molar refractivity (Wildman–Crippen MR) is 94.0 cm³/mol. The Bertz CT molecular complexity index is 527. The monoisotopic (exact) mass is 335 g/mol. The van der Waals surface area contributed by atoms with Crippen molar-refractivity contribution < 1.29 is 19.1 Å². The molecule has 1 amide bonds. The molecule has 134 valence electrons. The van der Waals surface area contributed by atoms with Crippen molar-refractivity contribution in [3.8, 4) is 5.75 Å². The lowest BCUT2D eigenvalue weighted by atomic mass is 10.1. The van der Waals surface area contributed by atoms with Gasteiger partial charge in [0.1, 0.15) is 5.75 Å². The number of carbonyl (C=O) groups is 2. The van der Waals surface area contributed by atoms with Crippen LogP contribution in [0.2, 0.25) is 0 Å². The largest absolute Gasteiger partial charge is 0.494 e. The van der Waals surface area contributed by atoms with Crippen LogP contribution < -0.4 is 4.74 Å².